The van der Waals surface area contributed by atoms with Crippen molar-refractivity contribution in [3.05, 3.63) is 23.9 Å². The molecule has 1 fully saturated rings. The lowest BCUT2D eigenvalue weighted by atomic mass is 10.1. The summed E-state index contributed by atoms with van der Waals surface area (Å²) < 4.78 is 0. The normalized spacial score (nSPS) is 19.6. The maximum Gasteiger partial charge on any atom is 0.219 e. The molecule has 92 valence electrons. The first-order chi connectivity index (χ1) is 8.22. The zero-order valence-corrected chi connectivity index (χ0v) is 11.2. The van der Waals surface area contributed by atoms with Gasteiger partial charge >= 0.3 is 0 Å². The molecule has 0 saturated carbocycles. The lowest BCUT2D eigenvalue weighted by molar-refractivity contribution is -0.129. The van der Waals surface area contributed by atoms with Crippen molar-refractivity contribution >= 4 is 17.7 Å². The average molecular weight is 250 g/mol. The van der Waals surface area contributed by atoms with Crippen LogP contribution in [0.25, 0.3) is 0 Å². The summed E-state index contributed by atoms with van der Waals surface area (Å²) in [6.45, 7) is 4.65. The van der Waals surface area contributed by atoms with E-state index in [1.54, 1.807) is 18.7 Å². The Bertz CT molecular complexity index is 391. The first kappa shape index (κ1) is 12.4. The van der Waals surface area contributed by atoms with Gasteiger partial charge in [-0.3, -0.25) is 4.79 Å². The molecule has 0 aromatic carbocycles. The molecule has 1 atom stereocenters. The lowest BCUT2D eigenvalue weighted by Gasteiger charge is -2.23. The summed E-state index contributed by atoms with van der Waals surface area (Å²) in [4.78, 5) is 17.9. The van der Waals surface area contributed by atoms with Crippen LogP contribution in [0.4, 0.5) is 0 Å². The second kappa shape index (κ2) is 5.54. The van der Waals surface area contributed by atoms with E-state index in [9.17, 15) is 4.79 Å². The van der Waals surface area contributed by atoms with Gasteiger partial charge in [0, 0.05) is 19.7 Å². The topological polar surface area (TPSA) is 33.2 Å². The second-order valence-electron chi connectivity index (χ2n) is 4.23. The van der Waals surface area contributed by atoms with Crippen LogP contribution in [0.2, 0.25) is 0 Å². The SMILES string of the molecule is CCSc1ccc(C2CCCN2C(C)=O)cn1. The first-order valence-corrected chi connectivity index (χ1v) is 7.07. The van der Waals surface area contributed by atoms with Crippen LogP contribution in [0.15, 0.2) is 23.4 Å². The van der Waals surface area contributed by atoms with Crippen molar-refractivity contribution in [3.63, 3.8) is 0 Å². The smallest absolute Gasteiger partial charge is 0.219 e. The summed E-state index contributed by atoms with van der Waals surface area (Å²) >= 11 is 1.74. The number of hydrogen-bond acceptors (Lipinski definition) is 3. The molecule has 1 amide bonds. The van der Waals surface area contributed by atoms with E-state index in [0.717, 1.165) is 35.7 Å². The molecule has 0 N–H and O–H groups in total. The Kier molecular flexibility index (Phi) is 4.05. The summed E-state index contributed by atoms with van der Waals surface area (Å²) in [6, 6.07) is 4.40. The minimum Gasteiger partial charge on any atom is -0.336 e. The van der Waals surface area contributed by atoms with E-state index in [4.69, 9.17) is 0 Å². The van der Waals surface area contributed by atoms with Gasteiger partial charge in [-0.1, -0.05) is 13.0 Å². The number of carbonyl (C=O) groups is 1. The van der Waals surface area contributed by atoms with Crippen LogP contribution in [0.1, 0.15) is 38.3 Å². The van der Waals surface area contributed by atoms with E-state index in [0.29, 0.717) is 0 Å². The van der Waals surface area contributed by atoms with Crippen molar-refractivity contribution in [1.82, 2.24) is 9.88 Å². The fraction of sp³-hybridized carbons (Fsp3) is 0.538. The third kappa shape index (κ3) is 2.80. The molecule has 0 aliphatic carbocycles. The molecule has 17 heavy (non-hydrogen) atoms. The highest BCUT2D eigenvalue weighted by Gasteiger charge is 2.27. The Hall–Kier alpha value is -1.03. The van der Waals surface area contributed by atoms with Crippen molar-refractivity contribution in [1.29, 1.82) is 0 Å². The van der Waals surface area contributed by atoms with E-state index in [1.165, 1.54) is 0 Å². The largest absolute Gasteiger partial charge is 0.336 e. The summed E-state index contributed by atoms with van der Waals surface area (Å²) in [7, 11) is 0. The Morgan fingerprint density at radius 3 is 3.00 bits per heavy atom. The number of aromatic nitrogens is 1. The van der Waals surface area contributed by atoms with Gasteiger partial charge in [0.15, 0.2) is 0 Å². The van der Waals surface area contributed by atoms with Gasteiger partial charge in [0.1, 0.15) is 0 Å². The van der Waals surface area contributed by atoms with E-state index in [2.05, 4.69) is 24.0 Å². The van der Waals surface area contributed by atoms with Gasteiger partial charge in [-0.15, -0.1) is 11.8 Å². The van der Waals surface area contributed by atoms with Crippen LogP contribution in [0.3, 0.4) is 0 Å². The molecule has 1 saturated heterocycles. The summed E-state index contributed by atoms with van der Waals surface area (Å²) in [6.07, 6.45) is 4.07. The fourth-order valence-electron chi connectivity index (χ4n) is 2.31. The van der Waals surface area contributed by atoms with Crippen molar-refractivity contribution in [2.45, 2.75) is 37.8 Å². The zero-order chi connectivity index (χ0) is 12.3. The van der Waals surface area contributed by atoms with E-state index >= 15 is 0 Å². The van der Waals surface area contributed by atoms with Crippen LogP contribution in [0.5, 0.6) is 0 Å². The first-order valence-electron chi connectivity index (χ1n) is 6.08. The number of carbonyl (C=O) groups excluding carboxylic acids is 1. The van der Waals surface area contributed by atoms with Crippen molar-refractivity contribution in [2.75, 3.05) is 12.3 Å². The Morgan fingerprint density at radius 1 is 1.59 bits per heavy atom. The molecule has 1 aromatic rings. The molecule has 2 heterocycles. The highest BCUT2D eigenvalue weighted by atomic mass is 32.2. The molecule has 0 bridgehead atoms. The van der Waals surface area contributed by atoms with Gasteiger partial charge < -0.3 is 4.90 Å². The van der Waals surface area contributed by atoms with Gasteiger partial charge in [0.2, 0.25) is 5.91 Å². The monoisotopic (exact) mass is 250 g/mol. The molecule has 0 radical (unpaired) electrons. The maximum atomic E-state index is 11.5. The number of rotatable bonds is 3. The Balaban J connectivity index is 2.13. The fourth-order valence-corrected chi connectivity index (χ4v) is 2.90. The highest BCUT2D eigenvalue weighted by Crippen LogP contribution is 2.32. The second-order valence-corrected chi connectivity index (χ2v) is 5.52. The molecule has 1 unspecified atom stereocenters. The highest BCUT2D eigenvalue weighted by molar-refractivity contribution is 7.99. The van der Waals surface area contributed by atoms with Crippen LogP contribution in [-0.2, 0) is 4.79 Å². The summed E-state index contributed by atoms with van der Waals surface area (Å²) in [5.74, 6) is 1.20. The molecule has 1 aromatic heterocycles. The predicted molar refractivity (Wildman–Crippen MR) is 70.0 cm³/mol. The molecule has 1 aliphatic rings. The molecule has 3 nitrogen and oxygen atoms in total. The maximum absolute atomic E-state index is 11.5. The van der Waals surface area contributed by atoms with Crippen LogP contribution in [0, 0.1) is 0 Å². The quantitative estimate of drug-likeness (QED) is 0.773. The van der Waals surface area contributed by atoms with Crippen molar-refractivity contribution in [2.24, 2.45) is 0 Å². The molecule has 4 heteroatoms. The van der Waals surface area contributed by atoms with Crippen molar-refractivity contribution in [3.8, 4) is 0 Å². The summed E-state index contributed by atoms with van der Waals surface area (Å²) in [5.41, 5.74) is 1.16. The minimum atomic E-state index is 0.166. The van der Waals surface area contributed by atoms with Gasteiger partial charge in [0.05, 0.1) is 11.1 Å². The number of nitrogens with zero attached hydrogens (tertiary/aromatic N) is 2. The number of amides is 1. The van der Waals surface area contributed by atoms with E-state index in [-0.39, 0.29) is 11.9 Å². The molecular formula is C13H18N2OS. The van der Waals surface area contributed by atoms with Crippen LogP contribution >= 0.6 is 11.8 Å². The van der Waals surface area contributed by atoms with Crippen molar-refractivity contribution < 1.29 is 4.79 Å². The lowest BCUT2D eigenvalue weighted by Crippen LogP contribution is -2.28. The molecular weight excluding hydrogens is 232 g/mol. The van der Waals surface area contributed by atoms with Crippen LogP contribution < -0.4 is 0 Å². The third-order valence-corrected chi connectivity index (χ3v) is 3.92. The van der Waals surface area contributed by atoms with E-state index in [1.807, 2.05) is 11.1 Å². The van der Waals surface area contributed by atoms with E-state index < -0.39 is 0 Å². The third-order valence-electron chi connectivity index (χ3n) is 3.09. The zero-order valence-electron chi connectivity index (χ0n) is 10.3. The van der Waals surface area contributed by atoms with Gasteiger partial charge in [-0.2, -0.15) is 0 Å². The number of likely N-dealkylation sites (tertiary alicyclic amines) is 1. The number of pyridine rings is 1. The van der Waals surface area contributed by atoms with Gasteiger partial charge in [-0.05, 0) is 30.2 Å². The Morgan fingerprint density at radius 2 is 2.41 bits per heavy atom. The molecule has 0 spiro atoms. The minimum absolute atomic E-state index is 0.166. The van der Waals surface area contributed by atoms with Gasteiger partial charge in [-0.25, -0.2) is 4.98 Å². The van der Waals surface area contributed by atoms with Crippen LogP contribution in [-0.4, -0.2) is 28.1 Å². The molecule has 2 rings (SSSR count). The van der Waals surface area contributed by atoms with Gasteiger partial charge in [0.25, 0.3) is 0 Å². The number of thioether (sulfide) groups is 1. The summed E-state index contributed by atoms with van der Waals surface area (Å²) in [5, 5.41) is 1.06. The number of hydrogen-bond donors (Lipinski definition) is 0. The predicted octanol–water partition coefficient (Wildman–Crippen LogP) is 2.88. The molecule has 1 aliphatic heterocycles. The standard InChI is InChI=1S/C13H18N2OS/c1-3-17-13-7-6-11(9-14-13)12-5-4-8-15(12)10(2)16/h6-7,9,12H,3-5,8H2,1-2H3. The Labute approximate surface area is 107 Å². The average Bonchev–Trinajstić information content (AvgIpc) is 2.79.